The Kier molecular flexibility index (Phi) is 6.30. The van der Waals surface area contributed by atoms with Gasteiger partial charge in [0.2, 0.25) is 5.91 Å². The van der Waals surface area contributed by atoms with Gasteiger partial charge in [0, 0.05) is 11.3 Å². The third-order valence-electron chi connectivity index (χ3n) is 6.19. The standard InChI is InChI=1S/C25H27NO6S/c1-16-9-12-20(13-10-16)33(29,30)26(24(27)18-7-5-4-6-8-18)19-11-14-22-21(15-19)23(17(2)32-22)25(28)31-3/h9-15,18H,4-8H2,1-3H3. The molecule has 174 valence electrons. The number of fused-ring (bicyclic) bond motifs is 1. The minimum Gasteiger partial charge on any atom is -0.465 e. The van der Waals surface area contributed by atoms with Gasteiger partial charge in [-0.05, 0) is 57.0 Å². The zero-order valence-corrected chi connectivity index (χ0v) is 19.8. The van der Waals surface area contributed by atoms with Gasteiger partial charge in [0.1, 0.15) is 16.9 Å². The maximum absolute atomic E-state index is 13.7. The summed E-state index contributed by atoms with van der Waals surface area (Å²) in [6.07, 6.45) is 4.12. The van der Waals surface area contributed by atoms with Crippen molar-refractivity contribution in [2.75, 3.05) is 11.4 Å². The highest BCUT2D eigenvalue weighted by Crippen LogP contribution is 2.35. The van der Waals surface area contributed by atoms with E-state index in [2.05, 4.69) is 0 Å². The normalized spacial score (nSPS) is 14.9. The maximum atomic E-state index is 13.7. The van der Waals surface area contributed by atoms with Crippen LogP contribution in [0.2, 0.25) is 0 Å². The summed E-state index contributed by atoms with van der Waals surface area (Å²) in [7, 11) is -2.91. The van der Waals surface area contributed by atoms with Crippen LogP contribution in [-0.4, -0.2) is 27.4 Å². The van der Waals surface area contributed by atoms with Crippen molar-refractivity contribution in [3.05, 3.63) is 59.4 Å². The second-order valence-electron chi connectivity index (χ2n) is 8.46. The van der Waals surface area contributed by atoms with Gasteiger partial charge in [0.25, 0.3) is 10.0 Å². The summed E-state index contributed by atoms with van der Waals surface area (Å²) in [4.78, 5) is 26.0. The monoisotopic (exact) mass is 469 g/mol. The second-order valence-corrected chi connectivity index (χ2v) is 10.2. The van der Waals surface area contributed by atoms with Crippen molar-refractivity contribution >= 4 is 38.6 Å². The third kappa shape index (κ3) is 4.27. The molecule has 0 atom stereocenters. The molecule has 2 aromatic carbocycles. The number of hydrogen-bond acceptors (Lipinski definition) is 6. The Labute approximate surface area is 193 Å². The number of rotatable bonds is 5. The molecule has 0 spiro atoms. The number of anilines is 1. The number of nitrogens with zero attached hydrogens (tertiary/aromatic N) is 1. The number of amides is 1. The maximum Gasteiger partial charge on any atom is 0.342 e. The van der Waals surface area contributed by atoms with Crippen LogP contribution < -0.4 is 4.31 Å². The Morgan fingerprint density at radius 2 is 1.67 bits per heavy atom. The highest BCUT2D eigenvalue weighted by molar-refractivity contribution is 7.93. The molecular formula is C25H27NO6S. The fraction of sp³-hybridized carbons (Fsp3) is 0.360. The van der Waals surface area contributed by atoms with Crippen molar-refractivity contribution in [2.24, 2.45) is 5.92 Å². The molecular weight excluding hydrogens is 442 g/mol. The number of benzene rings is 2. The van der Waals surface area contributed by atoms with Crippen molar-refractivity contribution in [3.8, 4) is 0 Å². The summed E-state index contributed by atoms with van der Waals surface area (Å²) < 4.78 is 38.9. The Morgan fingerprint density at radius 1 is 1.00 bits per heavy atom. The Hall–Kier alpha value is -3.13. The highest BCUT2D eigenvalue weighted by Gasteiger charge is 2.36. The van der Waals surface area contributed by atoms with Crippen LogP contribution in [0.15, 0.2) is 51.8 Å². The number of ether oxygens (including phenoxy) is 1. The lowest BCUT2D eigenvalue weighted by molar-refractivity contribution is -0.122. The van der Waals surface area contributed by atoms with Crippen LogP contribution in [0.5, 0.6) is 0 Å². The van der Waals surface area contributed by atoms with E-state index < -0.39 is 21.9 Å². The number of methoxy groups -OCH3 is 1. The van der Waals surface area contributed by atoms with E-state index in [9.17, 15) is 18.0 Å². The van der Waals surface area contributed by atoms with Crippen LogP contribution in [0, 0.1) is 19.8 Å². The number of carbonyl (C=O) groups excluding carboxylic acids is 2. The van der Waals surface area contributed by atoms with E-state index >= 15 is 0 Å². The van der Waals surface area contributed by atoms with E-state index in [0.29, 0.717) is 29.6 Å². The zero-order valence-electron chi connectivity index (χ0n) is 19.0. The van der Waals surface area contributed by atoms with E-state index in [1.165, 1.54) is 25.3 Å². The highest BCUT2D eigenvalue weighted by atomic mass is 32.2. The van der Waals surface area contributed by atoms with Gasteiger partial charge in [-0.3, -0.25) is 4.79 Å². The van der Waals surface area contributed by atoms with Crippen LogP contribution in [0.25, 0.3) is 11.0 Å². The average molecular weight is 470 g/mol. The predicted molar refractivity (Wildman–Crippen MR) is 125 cm³/mol. The molecule has 1 heterocycles. The first-order chi connectivity index (χ1) is 15.7. The smallest absolute Gasteiger partial charge is 0.342 e. The molecule has 1 aromatic heterocycles. The molecule has 1 fully saturated rings. The number of aryl methyl sites for hydroxylation is 2. The molecule has 0 saturated heterocycles. The fourth-order valence-corrected chi connectivity index (χ4v) is 5.87. The quantitative estimate of drug-likeness (QED) is 0.481. The minimum atomic E-state index is -4.18. The molecule has 3 aromatic rings. The largest absolute Gasteiger partial charge is 0.465 e. The molecule has 0 aliphatic heterocycles. The molecule has 1 aliphatic rings. The first-order valence-corrected chi connectivity index (χ1v) is 12.5. The van der Waals surface area contributed by atoms with Gasteiger partial charge in [-0.2, -0.15) is 0 Å². The summed E-state index contributed by atoms with van der Waals surface area (Å²) >= 11 is 0. The van der Waals surface area contributed by atoms with Gasteiger partial charge in [0.15, 0.2) is 0 Å². The van der Waals surface area contributed by atoms with E-state index in [1.54, 1.807) is 31.2 Å². The van der Waals surface area contributed by atoms with E-state index in [1.807, 2.05) is 6.92 Å². The predicted octanol–water partition coefficient (Wildman–Crippen LogP) is 5.14. The molecule has 33 heavy (non-hydrogen) atoms. The lowest BCUT2D eigenvalue weighted by Crippen LogP contribution is -2.41. The number of sulfonamides is 1. The lowest BCUT2D eigenvalue weighted by Gasteiger charge is -2.29. The van der Waals surface area contributed by atoms with Crippen LogP contribution in [0.3, 0.4) is 0 Å². The first-order valence-electron chi connectivity index (χ1n) is 11.0. The fourth-order valence-electron chi connectivity index (χ4n) is 4.41. The molecule has 4 rings (SSSR count). The number of esters is 1. The minimum absolute atomic E-state index is 0.0360. The molecule has 7 nitrogen and oxygen atoms in total. The molecule has 1 saturated carbocycles. The number of hydrogen-bond donors (Lipinski definition) is 0. The average Bonchev–Trinajstić information content (AvgIpc) is 3.14. The molecule has 0 radical (unpaired) electrons. The summed E-state index contributed by atoms with van der Waals surface area (Å²) in [5.74, 6) is -1.05. The van der Waals surface area contributed by atoms with Crippen molar-refractivity contribution in [2.45, 2.75) is 50.8 Å². The first kappa shape index (κ1) is 23.0. The van der Waals surface area contributed by atoms with E-state index in [4.69, 9.17) is 9.15 Å². The molecule has 0 N–H and O–H groups in total. The topological polar surface area (TPSA) is 93.9 Å². The van der Waals surface area contributed by atoms with Crippen LogP contribution in [0.1, 0.15) is 53.8 Å². The van der Waals surface area contributed by atoms with Crippen molar-refractivity contribution in [1.82, 2.24) is 0 Å². The zero-order chi connectivity index (χ0) is 23.8. The van der Waals surface area contributed by atoms with Crippen LogP contribution in [-0.2, 0) is 19.6 Å². The van der Waals surface area contributed by atoms with Crippen molar-refractivity contribution < 1.29 is 27.2 Å². The summed E-state index contributed by atoms with van der Waals surface area (Å²) in [5.41, 5.74) is 1.71. The van der Waals surface area contributed by atoms with Crippen molar-refractivity contribution in [1.29, 1.82) is 0 Å². The molecule has 0 unspecified atom stereocenters. The molecule has 0 bridgehead atoms. The Balaban J connectivity index is 1.89. The molecule has 1 aliphatic carbocycles. The van der Waals surface area contributed by atoms with Gasteiger partial charge in [0.05, 0.1) is 17.7 Å². The second kappa shape index (κ2) is 9.02. The summed E-state index contributed by atoms with van der Waals surface area (Å²) in [6, 6.07) is 11.1. The van der Waals surface area contributed by atoms with E-state index in [-0.39, 0.29) is 22.1 Å². The molecule has 1 amide bonds. The summed E-state index contributed by atoms with van der Waals surface area (Å²) in [6.45, 7) is 3.50. The van der Waals surface area contributed by atoms with Gasteiger partial charge >= 0.3 is 5.97 Å². The van der Waals surface area contributed by atoms with Gasteiger partial charge < -0.3 is 9.15 Å². The van der Waals surface area contributed by atoms with Gasteiger partial charge in [-0.15, -0.1) is 0 Å². The lowest BCUT2D eigenvalue weighted by atomic mass is 9.88. The molecule has 8 heteroatoms. The Bertz CT molecular complexity index is 1300. The van der Waals surface area contributed by atoms with Crippen LogP contribution >= 0.6 is 0 Å². The SMILES string of the molecule is COC(=O)c1c(C)oc2ccc(N(C(=O)C3CCCCC3)S(=O)(=O)c3ccc(C)cc3)cc12. The van der Waals surface area contributed by atoms with Crippen LogP contribution in [0.4, 0.5) is 5.69 Å². The van der Waals surface area contributed by atoms with E-state index in [0.717, 1.165) is 29.1 Å². The Morgan fingerprint density at radius 3 is 2.30 bits per heavy atom. The number of carbonyl (C=O) groups is 2. The number of furan rings is 1. The third-order valence-corrected chi connectivity index (χ3v) is 7.92. The summed E-state index contributed by atoms with van der Waals surface area (Å²) in [5, 5.41) is 0.400. The van der Waals surface area contributed by atoms with Crippen molar-refractivity contribution in [3.63, 3.8) is 0 Å². The van der Waals surface area contributed by atoms with Gasteiger partial charge in [-0.1, -0.05) is 37.0 Å². The van der Waals surface area contributed by atoms with Gasteiger partial charge in [-0.25, -0.2) is 17.5 Å².